The molecule has 74 heavy (non-hydrogen) atoms. The summed E-state index contributed by atoms with van der Waals surface area (Å²) in [5.74, 6) is 0.410. The second-order valence-corrected chi connectivity index (χ2v) is 22.0. The van der Waals surface area contributed by atoms with Crippen molar-refractivity contribution in [2.24, 2.45) is 11.8 Å². The van der Waals surface area contributed by atoms with E-state index in [2.05, 4.69) is 135 Å². The van der Waals surface area contributed by atoms with Crippen molar-refractivity contribution in [3.8, 4) is 45.0 Å². The number of aromatic nitrogens is 4. The zero-order chi connectivity index (χ0) is 53.2. The molecule has 2 aliphatic rings. The van der Waals surface area contributed by atoms with Crippen LogP contribution in [-0.4, -0.2) is 89.7 Å². The molecule has 0 radical (unpaired) electrons. The predicted octanol–water partition coefficient (Wildman–Crippen LogP) is 12.4. The minimum atomic E-state index is -0.835. The first-order chi connectivity index (χ1) is 35.2. The van der Waals surface area contributed by atoms with Crippen LogP contribution in [0, 0.1) is 39.5 Å². The van der Waals surface area contributed by atoms with Gasteiger partial charge in [0.05, 0.1) is 45.4 Å². The molecule has 0 aliphatic carbocycles. The Kier molecular flexibility index (Phi) is 18.4. The van der Waals surface area contributed by atoms with E-state index in [0.717, 1.165) is 133 Å². The van der Waals surface area contributed by atoms with Crippen molar-refractivity contribution < 1.29 is 30.0 Å². The third-order valence-electron chi connectivity index (χ3n) is 14.7. The van der Waals surface area contributed by atoms with E-state index in [1.807, 2.05) is 27.7 Å². The normalized spacial score (nSPS) is 15.5. The first-order valence-electron chi connectivity index (χ1n) is 26.7. The van der Waals surface area contributed by atoms with Crippen LogP contribution >= 0.6 is 0 Å². The standard InChI is InChI=1S/2C31H39N3O3/c2*1-21-10-14-23(15-11-21)28-29(24-16-12-22(2)13-17-24)33-30-26(32-28)19-25(31(3,4)37)20-34(30)18-8-6-5-7-9-27(35)36/h2*10-17,25,37H,5-9,18-20H2,1-4H3,(H,35,36)/t2*25-/m10/s1. The van der Waals surface area contributed by atoms with Gasteiger partial charge in [-0.05, 0) is 81.1 Å². The maximum atomic E-state index is 10.9. The summed E-state index contributed by atoms with van der Waals surface area (Å²) in [6.07, 6.45) is 8.81. The summed E-state index contributed by atoms with van der Waals surface area (Å²) in [5.41, 5.74) is 12.6. The number of rotatable bonds is 20. The van der Waals surface area contributed by atoms with Gasteiger partial charge in [-0.25, -0.2) is 19.9 Å². The van der Waals surface area contributed by atoms with E-state index in [0.29, 0.717) is 25.7 Å². The maximum absolute atomic E-state index is 10.9. The number of nitrogens with zero attached hydrogens (tertiary/aromatic N) is 6. The Morgan fingerprint density at radius 3 is 0.986 bits per heavy atom. The smallest absolute Gasteiger partial charge is 0.303 e. The van der Waals surface area contributed by atoms with Crippen molar-refractivity contribution in [3.63, 3.8) is 0 Å². The molecule has 12 heteroatoms. The minimum absolute atomic E-state index is 0.0393. The maximum Gasteiger partial charge on any atom is 0.303 e. The van der Waals surface area contributed by atoms with Gasteiger partial charge in [-0.15, -0.1) is 0 Å². The summed E-state index contributed by atoms with van der Waals surface area (Å²) in [6, 6.07) is 33.7. The lowest BCUT2D eigenvalue weighted by molar-refractivity contribution is -0.138. The number of benzene rings is 4. The molecule has 0 saturated heterocycles. The summed E-state index contributed by atoms with van der Waals surface area (Å²) in [4.78, 5) is 47.1. The van der Waals surface area contributed by atoms with E-state index in [9.17, 15) is 19.8 Å². The number of unbranched alkanes of at least 4 members (excludes halogenated alkanes) is 6. The first kappa shape index (κ1) is 55.3. The molecule has 4 heterocycles. The van der Waals surface area contributed by atoms with Gasteiger partial charge in [0.1, 0.15) is 0 Å². The molecule has 0 fully saturated rings. The Morgan fingerprint density at radius 1 is 0.446 bits per heavy atom. The number of anilines is 2. The summed E-state index contributed by atoms with van der Waals surface area (Å²) < 4.78 is 0. The number of aryl methyl sites for hydroxylation is 4. The molecule has 12 nitrogen and oxygen atoms in total. The van der Waals surface area contributed by atoms with Gasteiger partial charge in [0.15, 0.2) is 11.6 Å². The largest absolute Gasteiger partial charge is 0.481 e. The number of carboxylic acids is 2. The highest BCUT2D eigenvalue weighted by Crippen LogP contribution is 2.40. The van der Waals surface area contributed by atoms with Gasteiger partial charge >= 0.3 is 11.9 Å². The Bertz CT molecular complexity index is 2620. The number of hydrogen-bond donors (Lipinski definition) is 4. The van der Waals surface area contributed by atoms with E-state index in [-0.39, 0.29) is 24.7 Å². The summed E-state index contributed by atoms with van der Waals surface area (Å²) in [5, 5.41) is 39.6. The predicted molar refractivity (Wildman–Crippen MR) is 298 cm³/mol. The van der Waals surface area contributed by atoms with Crippen LogP contribution in [0.25, 0.3) is 45.0 Å². The molecular formula is C62H78N6O6. The van der Waals surface area contributed by atoms with Gasteiger partial charge in [-0.1, -0.05) is 145 Å². The number of aliphatic carboxylic acids is 2. The molecule has 0 saturated carbocycles. The SMILES string of the molecule is Cc1ccc(-c2nc3c(nc2-c2ccc(C)cc2)N(CCCCCCC(=O)O)C[C@@H](C(C)(C)O)C3)cc1.Cc1ccc(-c2nc3c(nc2-c2ccc(C)cc2)N(CCCCCCC(=O)O)C[C@H](C(C)(C)O)C3)cc1. The highest BCUT2D eigenvalue weighted by molar-refractivity contribution is 5.81. The highest BCUT2D eigenvalue weighted by Gasteiger charge is 2.38. The molecular weight excluding hydrogens is 925 g/mol. The lowest BCUT2D eigenvalue weighted by atomic mass is 9.84. The highest BCUT2D eigenvalue weighted by atomic mass is 16.4. The van der Waals surface area contributed by atoms with Crippen LogP contribution in [-0.2, 0) is 22.4 Å². The molecule has 392 valence electrons. The van der Waals surface area contributed by atoms with Crippen LogP contribution in [0.15, 0.2) is 97.1 Å². The zero-order valence-electron chi connectivity index (χ0n) is 45.0. The number of hydrogen-bond acceptors (Lipinski definition) is 10. The van der Waals surface area contributed by atoms with Gasteiger partial charge in [-0.2, -0.15) is 0 Å². The molecule has 8 rings (SSSR count). The fourth-order valence-electron chi connectivity index (χ4n) is 9.86. The number of aliphatic hydroxyl groups is 2. The van der Waals surface area contributed by atoms with Crippen molar-refractivity contribution in [2.75, 3.05) is 36.0 Å². The number of carboxylic acid groups (broad SMARTS) is 2. The number of fused-ring (bicyclic) bond motifs is 2. The Balaban J connectivity index is 0.000000216. The summed E-state index contributed by atoms with van der Waals surface area (Å²) in [6.45, 7) is 18.9. The Morgan fingerprint density at radius 2 is 0.716 bits per heavy atom. The Hall–Kier alpha value is -6.50. The quantitative estimate of drug-likeness (QED) is 0.0534. The summed E-state index contributed by atoms with van der Waals surface area (Å²) in [7, 11) is 0. The van der Waals surface area contributed by atoms with Gasteiger partial charge in [0, 0.05) is 86.0 Å². The zero-order valence-corrected chi connectivity index (χ0v) is 45.0. The second-order valence-electron chi connectivity index (χ2n) is 22.0. The van der Waals surface area contributed by atoms with Crippen molar-refractivity contribution >= 4 is 23.6 Å². The third-order valence-corrected chi connectivity index (χ3v) is 14.7. The van der Waals surface area contributed by atoms with Crippen LogP contribution in [0.4, 0.5) is 11.6 Å². The molecule has 4 N–H and O–H groups in total. The van der Waals surface area contributed by atoms with Crippen molar-refractivity contribution in [3.05, 3.63) is 131 Å². The number of carbonyl (C=O) groups is 2. The fraction of sp³-hybridized carbons (Fsp3) is 0.452. The third kappa shape index (κ3) is 14.8. The molecule has 0 bridgehead atoms. The lowest BCUT2D eigenvalue weighted by Crippen LogP contribution is -2.46. The first-order valence-corrected chi connectivity index (χ1v) is 26.7. The molecule has 2 aromatic heterocycles. The van der Waals surface area contributed by atoms with E-state index in [4.69, 9.17) is 30.1 Å². The van der Waals surface area contributed by atoms with Crippen LogP contribution in [0.3, 0.4) is 0 Å². The average Bonchev–Trinajstić information content (AvgIpc) is 3.35. The summed E-state index contributed by atoms with van der Waals surface area (Å²) >= 11 is 0. The molecule has 6 aromatic rings. The topological polar surface area (TPSA) is 173 Å². The molecule has 0 amide bonds. The van der Waals surface area contributed by atoms with E-state index < -0.39 is 23.1 Å². The van der Waals surface area contributed by atoms with E-state index >= 15 is 0 Å². The van der Waals surface area contributed by atoms with Crippen molar-refractivity contribution in [2.45, 2.75) is 144 Å². The van der Waals surface area contributed by atoms with Crippen LogP contribution < -0.4 is 9.80 Å². The van der Waals surface area contributed by atoms with Gasteiger partial charge in [0.25, 0.3) is 0 Å². The molecule has 4 aromatic carbocycles. The van der Waals surface area contributed by atoms with Crippen molar-refractivity contribution in [1.29, 1.82) is 0 Å². The lowest BCUT2D eigenvalue weighted by Gasteiger charge is -2.40. The Labute approximate surface area is 439 Å². The fourth-order valence-corrected chi connectivity index (χ4v) is 9.86. The molecule has 0 unspecified atom stereocenters. The van der Waals surface area contributed by atoms with Crippen LogP contribution in [0.1, 0.15) is 126 Å². The van der Waals surface area contributed by atoms with Gasteiger partial charge < -0.3 is 30.2 Å². The second kappa shape index (κ2) is 24.7. The van der Waals surface area contributed by atoms with E-state index in [1.165, 1.54) is 22.3 Å². The van der Waals surface area contributed by atoms with E-state index in [1.54, 1.807) is 0 Å². The molecule has 2 aliphatic heterocycles. The van der Waals surface area contributed by atoms with Crippen LogP contribution in [0.2, 0.25) is 0 Å². The van der Waals surface area contributed by atoms with Gasteiger partial charge in [-0.3, -0.25) is 9.59 Å². The monoisotopic (exact) mass is 1000 g/mol. The molecule has 2 atom stereocenters. The van der Waals surface area contributed by atoms with Crippen LogP contribution in [0.5, 0.6) is 0 Å². The minimum Gasteiger partial charge on any atom is -0.481 e. The molecule has 0 spiro atoms. The van der Waals surface area contributed by atoms with Crippen molar-refractivity contribution in [1.82, 2.24) is 19.9 Å². The average molecular weight is 1000 g/mol. The van der Waals surface area contributed by atoms with Gasteiger partial charge in [0.2, 0.25) is 0 Å².